The number of benzene rings is 2. The van der Waals surface area contributed by atoms with E-state index in [1.54, 1.807) is 0 Å². The summed E-state index contributed by atoms with van der Waals surface area (Å²) in [6, 6.07) is 18.7. The van der Waals surface area contributed by atoms with Crippen molar-refractivity contribution in [2.75, 3.05) is 11.4 Å². The van der Waals surface area contributed by atoms with Crippen molar-refractivity contribution >= 4 is 11.5 Å². The van der Waals surface area contributed by atoms with Crippen molar-refractivity contribution in [1.29, 1.82) is 0 Å². The molecule has 2 aliphatic rings. The highest BCUT2D eigenvalue weighted by Gasteiger charge is 2.40. The van der Waals surface area contributed by atoms with E-state index in [0.717, 1.165) is 31.5 Å². The van der Waals surface area contributed by atoms with E-state index >= 15 is 0 Å². The summed E-state index contributed by atoms with van der Waals surface area (Å²) in [6.45, 7) is 0.921. The molecule has 1 saturated carbocycles. The molecule has 0 bridgehead atoms. The first-order valence-electron chi connectivity index (χ1n) is 7.78. The van der Waals surface area contributed by atoms with Crippen molar-refractivity contribution in [1.82, 2.24) is 0 Å². The minimum absolute atomic E-state index is 0.0927. The van der Waals surface area contributed by atoms with E-state index in [1.165, 1.54) is 11.1 Å². The Morgan fingerprint density at radius 2 is 1.67 bits per heavy atom. The second-order valence-corrected chi connectivity index (χ2v) is 6.06. The maximum Gasteiger partial charge on any atom is 0.162 e. The van der Waals surface area contributed by atoms with Crippen LogP contribution in [0.2, 0.25) is 0 Å². The Morgan fingerprint density at radius 1 is 0.952 bits per heavy atom. The monoisotopic (exact) mass is 277 g/mol. The molecule has 2 aromatic carbocycles. The Hall–Kier alpha value is -2.09. The molecule has 2 aromatic rings. The molecule has 1 atom stereocenters. The highest BCUT2D eigenvalue weighted by molar-refractivity contribution is 5.92. The van der Waals surface area contributed by atoms with Gasteiger partial charge in [0.1, 0.15) is 6.04 Å². The zero-order valence-electron chi connectivity index (χ0n) is 12.0. The summed E-state index contributed by atoms with van der Waals surface area (Å²) in [5, 5.41) is 0. The maximum atomic E-state index is 12.9. The Kier molecular flexibility index (Phi) is 3.03. The lowest BCUT2D eigenvalue weighted by Gasteiger charge is -2.38. The zero-order chi connectivity index (χ0) is 14.2. The highest BCUT2D eigenvalue weighted by Crippen LogP contribution is 2.41. The topological polar surface area (TPSA) is 20.3 Å². The van der Waals surface area contributed by atoms with E-state index in [2.05, 4.69) is 53.4 Å². The van der Waals surface area contributed by atoms with Crippen LogP contribution in [0.1, 0.15) is 30.0 Å². The average Bonchev–Trinajstić information content (AvgIpc) is 3.39. The Balaban J connectivity index is 1.78. The Labute approximate surface area is 125 Å². The van der Waals surface area contributed by atoms with Gasteiger partial charge in [0, 0.05) is 18.2 Å². The number of carbonyl (C=O) groups is 1. The molecule has 1 heterocycles. The Bertz CT molecular complexity index is 660. The number of ketones is 1. The van der Waals surface area contributed by atoms with Gasteiger partial charge in [-0.15, -0.1) is 0 Å². The van der Waals surface area contributed by atoms with Gasteiger partial charge in [-0.2, -0.15) is 0 Å². The van der Waals surface area contributed by atoms with Crippen LogP contribution in [0.3, 0.4) is 0 Å². The van der Waals surface area contributed by atoms with Crippen LogP contribution in [0.25, 0.3) is 0 Å². The van der Waals surface area contributed by atoms with Gasteiger partial charge in [0.15, 0.2) is 5.78 Å². The fourth-order valence-corrected chi connectivity index (χ4v) is 3.36. The normalized spacial score (nSPS) is 21.0. The smallest absolute Gasteiger partial charge is 0.162 e. The Morgan fingerprint density at radius 3 is 2.43 bits per heavy atom. The lowest BCUT2D eigenvalue weighted by Crippen LogP contribution is -2.40. The fourth-order valence-electron chi connectivity index (χ4n) is 3.36. The number of hydrogen-bond acceptors (Lipinski definition) is 2. The molecule has 1 aliphatic heterocycles. The number of fused-ring (bicyclic) bond motifs is 1. The number of Topliss-reactive ketones (excluding diaryl/α,β-unsaturated/α-hetero) is 1. The van der Waals surface area contributed by atoms with Crippen molar-refractivity contribution in [3.05, 3.63) is 65.7 Å². The van der Waals surface area contributed by atoms with Crippen LogP contribution in [0, 0.1) is 5.92 Å². The summed E-state index contributed by atoms with van der Waals surface area (Å²) < 4.78 is 0. The van der Waals surface area contributed by atoms with Crippen molar-refractivity contribution in [3.8, 4) is 0 Å². The lowest BCUT2D eigenvalue weighted by molar-refractivity contribution is -0.121. The third kappa shape index (κ3) is 2.25. The predicted molar refractivity (Wildman–Crippen MR) is 84.4 cm³/mol. The van der Waals surface area contributed by atoms with Gasteiger partial charge < -0.3 is 4.90 Å². The molecule has 21 heavy (non-hydrogen) atoms. The third-order valence-corrected chi connectivity index (χ3v) is 4.62. The van der Waals surface area contributed by atoms with E-state index in [-0.39, 0.29) is 12.0 Å². The van der Waals surface area contributed by atoms with Crippen LogP contribution in [0.5, 0.6) is 0 Å². The summed E-state index contributed by atoms with van der Waals surface area (Å²) in [5.41, 5.74) is 3.71. The van der Waals surface area contributed by atoms with Gasteiger partial charge in [-0.1, -0.05) is 42.5 Å². The molecule has 1 fully saturated rings. The van der Waals surface area contributed by atoms with E-state index in [4.69, 9.17) is 0 Å². The van der Waals surface area contributed by atoms with Crippen molar-refractivity contribution in [2.24, 2.45) is 5.92 Å². The molecule has 106 valence electrons. The number of anilines is 1. The van der Waals surface area contributed by atoms with Gasteiger partial charge in [0.25, 0.3) is 0 Å². The molecular weight excluding hydrogens is 258 g/mol. The molecule has 0 radical (unpaired) electrons. The SMILES string of the molecule is O=C(C1CC1)[C@@H]1c2ccccc2CCN1c1ccccc1. The molecule has 0 amide bonds. The van der Waals surface area contributed by atoms with Crippen molar-refractivity contribution in [2.45, 2.75) is 25.3 Å². The molecule has 0 spiro atoms. The van der Waals surface area contributed by atoms with Gasteiger partial charge in [-0.25, -0.2) is 0 Å². The highest BCUT2D eigenvalue weighted by atomic mass is 16.1. The van der Waals surface area contributed by atoms with Crippen LogP contribution in [-0.2, 0) is 11.2 Å². The largest absolute Gasteiger partial charge is 0.357 e. The number of hydrogen-bond donors (Lipinski definition) is 0. The molecule has 0 N–H and O–H groups in total. The number of nitrogens with zero attached hydrogens (tertiary/aromatic N) is 1. The summed E-state index contributed by atoms with van der Waals surface area (Å²) >= 11 is 0. The van der Waals surface area contributed by atoms with E-state index in [1.807, 2.05) is 6.07 Å². The lowest BCUT2D eigenvalue weighted by atomic mass is 9.88. The molecule has 4 rings (SSSR count). The summed E-state index contributed by atoms with van der Waals surface area (Å²) in [5.74, 6) is 0.693. The minimum Gasteiger partial charge on any atom is -0.357 e. The predicted octanol–water partition coefficient (Wildman–Crippen LogP) is 3.77. The fraction of sp³-hybridized carbons (Fsp3) is 0.316. The van der Waals surface area contributed by atoms with Gasteiger partial charge in [-0.3, -0.25) is 4.79 Å². The van der Waals surface area contributed by atoms with E-state index < -0.39 is 0 Å². The van der Waals surface area contributed by atoms with Crippen LogP contribution in [-0.4, -0.2) is 12.3 Å². The second kappa shape index (κ2) is 5.03. The average molecular weight is 277 g/mol. The van der Waals surface area contributed by atoms with Crippen molar-refractivity contribution < 1.29 is 4.79 Å². The molecule has 2 nitrogen and oxygen atoms in total. The van der Waals surface area contributed by atoms with E-state index in [9.17, 15) is 4.79 Å². The van der Waals surface area contributed by atoms with Crippen LogP contribution >= 0.6 is 0 Å². The number of rotatable bonds is 3. The molecule has 1 aliphatic carbocycles. The molecular formula is C19H19NO. The zero-order valence-corrected chi connectivity index (χ0v) is 12.0. The van der Waals surface area contributed by atoms with Crippen LogP contribution < -0.4 is 4.90 Å². The quantitative estimate of drug-likeness (QED) is 0.851. The van der Waals surface area contributed by atoms with Gasteiger partial charge in [0.05, 0.1) is 0 Å². The van der Waals surface area contributed by atoms with Crippen molar-refractivity contribution in [3.63, 3.8) is 0 Å². The molecule has 2 heteroatoms. The maximum absolute atomic E-state index is 12.9. The van der Waals surface area contributed by atoms with Gasteiger partial charge in [0.2, 0.25) is 0 Å². The van der Waals surface area contributed by atoms with E-state index in [0.29, 0.717) is 5.78 Å². The molecule has 0 saturated heterocycles. The first kappa shape index (κ1) is 12.6. The summed E-state index contributed by atoms with van der Waals surface area (Å²) in [6.07, 6.45) is 3.15. The number of carbonyl (C=O) groups excluding carboxylic acids is 1. The first-order valence-corrected chi connectivity index (χ1v) is 7.78. The second-order valence-electron chi connectivity index (χ2n) is 6.06. The third-order valence-electron chi connectivity index (χ3n) is 4.62. The molecule has 0 unspecified atom stereocenters. The van der Waals surface area contributed by atoms with Gasteiger partial charge in [-0.05, 0) is 42.5 Å². The summed E-state index contributed by atoms with van der Waals surface area (Å²) in [7, 11) is 0. The first-order chi connectivity index (χ1) is 10.3. The molecule has 0 aromatic heterocycles. The summed E-state index contributed by atoms with van der Waals surface area (Å²) in [4.78, 5) is 15.2. The van der Waals surface area contributed by atoms with Crippen LogP contribution in [0.15, 0.2) is 54.6 Å². The van der Waals surface area contributed by atoms with Crippen LogP contribution in [0.4, 0.5) is 5.69 Å². The number of para-hydroxylation sites is 1. The standard InChI is InChI=1S/C19H19NO/c21-19(15-10-11-15)18-17-9-5-4-6-14(17)12-13-20(18)16-7-2-1-3-8-16/h1-9,15,18H,10-13H2/t18-/m0/s1. The van der Waals surface area contributed by atoms with Gasteiger partial charge >= 0.3 is 0 Å². The minimum atomic E-state index is -0.0927.